The molecule has 0 atom stereocenters. The molecular weight excluding hydrogens is 292 g/mol. The Labute approximate surface area is 125 Å². The van der Waals surface area contributed by atoms with Crippen molar-refractivity contribution in [2.75, 3.05) is 19.8 Å². The standard InChI is InChI=1S/C14H22N2O4S/c1-11(2)10-19-8-7-16-21(17,18)14-6-5-13(20-14)9-15-12-3-4-12/h5-6,12,15-16H,1,3-4,7-10H2,2H3. The van der Waals surface area contributed by atoms with E-state index in [1.54, 1.807) is 6.07 Å². The van der Waals surface area contributed by atoms with Gasteiger partial charge in [0, 0.05) is 12.6 Å². The van der Waals surface area contributed by atoms with Crippen molar-refractivity contribution in [1.82, 2.24) is 10.0 Å². The fourth-order valence-corrected chi connectivity index (χ4v) is 2.65. The molecule has 1 heterocycles. The molecular formula is C14H22N2O4S. The van der Waals surface area contributed by atoms with Crippen LogP contribution in [0, 0.1) is 0 Å². The predicted octanol–water partition coefficient (Wildman–Crippen LogP) is 1.40. The zero-order valence-electron chi connectivity index (χ0n) is 12.2. The van der Waals surface area contributed by atoms with Gasteiger partial charge in [-0.1, -0.05) is 12.2 Å². The molecule has 1 aliphatic rings. The molecule has 0 bridgehead atoms. The van der Waals surface area contributed by atoms with E-state index in [0.717, 1.165) is 5.57 Å². The zero-order valence-corrected chi connectivity index (χ0v) is 13.0. The molecule has 2 N–H and O–H groups in total. The van der Waals surface area contributed by atoms with E-state index >= 15 is 0 Å². The van der Waals surface area contributed by atoms with E-state index < -0.39 is 10.0 Å². The summed E-state index contributed by atoms with van der Waals surface area (Å²) in [6.45, 7) is 7.04. The van der Waals surface area contributed by atoms with Gasteiger partial charge in [0.1, 0.15) is 5.76 Å². The molecule has 2 rings (SSSR count). The summed E-state index contributed by atoms with van der Waals surface area (Å²) in [7, 11) is -3.61. The molecule has 21 heavy (non-hydrogen) atoms. The summed E-state index contributed by atoms with van der Waals surface area (Å²) in [6, 6.07) is 3.71. The second kappa shape index (κ2) is 7.22. The van der Waals surface area contributed by atoms with Crippen LogP contribution in [-0.2, 0) is 21.3 Å². The lowest BCUT2D eigenvalue weighted by Crippen LogP contribution is -2.27. The number of rotatable bonds is 10. The van der Waals surface area contributed by atoms with Gasteiger partial charge in [-0.05, 0) is 31.9 Å². The molecule has 1 aromatic heterocycles. The van der Waals surface area contributed by atoms with Crippen LogP contribution in [0.4, 0.5) is 0 Å². The second-order valence-corrected chi connectivity index (χ2v) is 6.98. The summed E-state index contributed by atoms with van der Waals surface area (Å²) in [4.78, 5) is 0. The summed E-state index contributed by atoms with van der Waals surface area (Å²) < 4.78 is 37.0. The maximum absolute atomic E-state index is 12.0. The molecule has 0 amide bonds. The molecule has 0 unspecified atom stereocenters. The Kier molecular flexibility index (Phi) is 5.58. The maximum Gasteiger partial charge on any atom is 0.274 e. The first-order chi connectivity index (χ1) is 9.97. The van der Waals surface area contributed by atoms with Crippen LogP contribution in [-0.4, -0.2) is 34.2 Å². The summed E-state index contributed by atoms with van der Waals surface area (Å²) >= 11 is 0. The highest BCUT2D eigenvalue weighted by Gasteiger charge is 2.22. The molecule has 0 aromatic carbocycles. The van der Waals surface area contributed by atoms with E-state index in [1.807, 2.05) is 6.92 Å². The first-order valence-electron chi connectivity index (χ1n) is 7.01. The third-order valence-electron chi connectivity index (χ3n) is 2.93. The minimum atomic E-state index is -3.61. The highest BCUT2D eigenvalue weighted by molar-refractivity contribution is 7.89. The number of hydrogen-bond acceptors (Lipinski definition) is 5. The summed E-state index contributed by atoms with van der Waals surface area (Å²) in [5.74, 6) is 0.626. The van der Waals surface area contributed by atoms with Crippen molar-refractivity contribution in [2.45, 2.75) is 37.4 Å². The van der Waals surface area contributed by atoms with E-state index in [1.165, 1.54) is 18.9 Å². The molecule has 0 spiro atoms. The van der Waals surface area contributed by atoms with E-state index in [9.17, 15) is 8.42 Å². The Morgan fingerprint density at radius 3 is 2.90 bits per heavy atom. The van der Waals surface area contributed by atoms with Gasteiger partial charge >= 0.3 is 0 Å². The quantitative estimate of drug-likeness (QED) is 0.504. The average molecular weight is 314 g/mol. The summed E-state index contributed by atoms with van der Waals surface area (Å²) in [5.41, 5.74) is 0.900. The molecule has 1 fully saturated rings. The fraction of sp³-hybridized carbons (Fsp3) is 0.571. The molecule has 1 aliphatic carbocycles. The van der Waals surface area contributed by atoms with Crippen molar-refractivity contribution < 1.29 is 17.6 Å². The van der Waals surface area contributed by atoms with Gasteiger partial charge in [-0.25, -0.2) is 13.1 Å². The van der Waals surface area contributed by atoms with Crippen molar-refractivity contribution in [1.29, 1.82) is 0 Å². The number of furan rings is 1. The van der Waals surface area contributed by atoms with Crippen LogP contribution in [0.5, 0.6) is 0 Å². The third kappa shape index (κ3) is 5.62. The lowest BCUT2D eigenvalue weighted by Gasteiger charge is -2.05. The SMILES string of the molecule is C=C(C)COCCNS(=O)(=O)c1ccc(CNC2CC2)o1. The van der Waals surface area contributed by atoms with Crippen molar-refractivity contribution >= 4 is 10.0 Å². The Hall–Kier alpha value is -1.15. The normalized spacial score (nSPS) is 15.3. The van der Waals surface area contributed by atoms with E-state index in [-0.39, 0.29) is 11.6 Å². The van der Waals surface area contributed by atoms with Crippen molar-refractivity contribution in [3.63, 3.8) is 0 Å². The van der Waals surface area contributed by atoms with Gasteiger partial charge in [0.2, 0.25) is 5.09 Å². The van der Waals surface area contributed by atoms with E-state index in [2.05, 4.69) is 16.6 Å². The fourth-order valence-electron chi connectivity index (χ4n) is 1.70. The van der Waals surface area contributed by atoms with Gasteiger partial charge in [-0.2, -0.15) is 0 Å². The van der Waals surface area contributed by atoms with Crippen molar-refractivity contribution in [2.24, 2.45) is 0 Å². The van der Waals surface area contributed by atoms with Gasteiger partial charge in [0.05, 0.1) is 19.8 Å². The maximum atomic E-state index is 12.0. The predicted molar refractivity (Wildman–Crippen MR) is 79.4 cm³/mol. The van der Waals surface area contributed by atoms with Gasteiger partial charge < -0.3 is 14.5 Å². The van der Waals surface area contributed by atoms with E-state index in [4.69, 9.17) is 9.15 Å². The Bertz CT molecular complexity index is 576. The second-order valence-electron chi connectivity index (χ2n) is 5.28. The molecule has 1 aromatic rings. The van der Waals surface area contributed by atoms with Crippen LogP contribution >= 0.6 is 0 Å². The van der Waals surface area contributed by atoms with Crippen LogP contribution in [0.1, 0.15) is 25.5 Å². The summed E-state index contributed by atoms with van der Waals surface area (Å²) in [5, 5.41) is 3.21. The molecule has 0 saturated heterocycles. The topological polar surface area (TPSA) is 80.6 Å². The van der Waals surface area contributed by atoms with Crippen LogP contribution in [0.15, 0.2) is 33.8 Å². The minimum absolute atomic E-state index is 0.0602. The molecule has 118 valence electrons. The Balaban J connectivity index is 1.76. The van der Waals surface area contributed by atoms with Gasteiger partial charge in [-0.15, -0.1) is 0 Å². The summed E-state index contributed by atoms with van der Waals surface area (Å²) in [6.07, 6.45) is 2.36. The largest absolute Gasteiger partial charge is 0.447 e. The van der Waals surface area contributed by atoms with Crippen LogP contribution in [0.25, 0.3) is 0 Å². The smallest absolute Gasteiger partial charge is 0.274 e. The van der Waals surface area contributed by atoms with Gasteiger partial charge in [0.25, 0.3) is 10.0 Å². The average Bonchev–Trinajstić information content (AvgIpc) is 3.11. The number of ether oxygens (including phenoxy) is 1. The van der Waals surface area contributed by atoms with Crippen molar-refractivity contribution in [3.8, 4) is 0 Å². The molecule has 7 heteroatoms. The highest BCUT2D eigenvalue weighted by atomic mass is 32.2. The van der Waals surface area contributed by atoms with Crippen LogP contribution in [0.3, 0.4) is 0 Å². The number of sulfonamides is 1. The Morgan fingerprint density at radius 2 is 2.24 bits per heavy atom. The monoisotopic (exact) mass is 314 g/mol. The van der Waals surface area contributed by atoms with Crippen LogP contribution in [0.2, 0.25) is 0 Å². The van der Waals surface area contributed by atoms with Crippen molar-refractivity contribution in [3.05, 3.63) is 30.0 Å². The first-order valence-corrected chi connectivity index (χ1v) is 8.49. The highest BCUT2D eigenvalue weighted by Crippen LogP contribution is 2.20. The molecule has 1 saturated carbocycles. The Morgan fingerprint density at radius 1 is 1.48 bits per heavy atom. The number of nitrogens with one attached hydrogen (secondary N) is 2. The molecule has 0 aliphatic heterocycles. The minimum Gasteiger partial charge on any atom is -0.447 e. The molecule has 0 radical (unpaired) electrons. The third-order valence-corrected chi connectivity index (χ3v) is 4.26. The zero-order chi connectivity index (χ0) is 15.3. The van der Waals surface area contributed by atoms with Gasteiger partial charge in [0.15, 0.2) is 0 Å². The lowest BCUT2D eigenvalue weighted by molar-refractivity contribution is 0.162. The number of hydrogen-bond donors (Lipinski definition) is 2. The molecule has 6 nitrogen and oxygen atoms in total. The first kappa shape index (κ1) is 16.2. The lowest BCUT2D eigenvalue weighted by atomic mass is 10.4. The van der Waals surface area contributed by atoms with Gasteiger partial charge in [-0.3, -0.25) is 0 Å². The van der Waals surface area contributed by atoms with E-state index in [0.29, 0.717) is 31.6 Å². The van der Waals surface area contributed by atoms with Crippen LogP contribution < -0.4 is 10.0 Å².